The molecule has 2 aromatic carbocycles. The minimum atomic E-state index is -0.394. The van der Waals surface area contributed by atoms with Gasteiger partial charge in [-0.05, 0) is 37.3 Å². The highest BCUT2D eigenvalue weighted by molar-refractivity contribution is 6.31. The third kappa shape index (κ3) is 3.86. The summed E-state index contributed by atoms with van der Waals surface area (Å²) in [4.78, 5) is 12.4. The average molecular weight is 374 g/mol. The molecule has 0 fully saturated rings. The standard InChI is InChI=1S/C19H17ClFN3O2/c1-12-9-18(22-19(25)13-5-3-6-14(10-13)26-2)23-24(12)11-15-16(20)7-4-8-17(15)21/h3-10H,11H2,1-2H3,(H,22,23,25). The summed E-state index contributed by atoms with van der Waals surface area (Å²) >= 11 is 6.07. The van der Waals surface area contributed by atoms with Crippen LogP contribution in [0, 0.1) is 12.7 Å². The van der Waals surface area contributed by atoms with Crippen LogP contribution >= 0.6 is 11.6 Å². The van der Waals surface area contributed by atoms with E-state index in [1.165, 1.54) is 13.2 Å². The van der Waals surface area contributed by atoms with Gasteiger partial charge in [-0.1, -0.05) is 23.7 Å². The molecule has 3 aromatic rings. The normalized spacial score (nSPS) is 10.6. The highest BCUT2D eigenvalue weighted by atomic mass is 35.5. The number of methoxy groups -OCH3 is 1. The summed E-state index contributed by atoms with van der Waals surface area (Å²) in [5.74, 6) is 0.267. The van der Waals surface area contributed by atoms with Crippen molar-refractivity contribution in [2.75, 3.05) is 12.4 Å². The Labute approximate surface area is 155 Å². The zero-order chi connectivity index (χ0) is 18.7. The van der Waals surface area contributed by atoms with E-state index in [0.717, 1.165) is 5.69 Å². The number of halogens is 2. The number of aryl methyl sites for hydroxylation is 1. The van der Waals surface area contributed by atoms with Crippen LogP contribution in [0.1, 0.15) is 21.6 Å². The number of nitrogens with zero attached hydrogens (tertiary/aromatic N) is 2. The first-order valence-corrected chi connectivity index (χ1v) is 8.28. The third-order valence-corrected chi connectivity index (χ3v) is 4.28. The van der Waals surface area contributed by atoms with Gasteiger partial charge >= 0.3 is 0 Å². The molecule has 0 aliphatic heterocycles. The molecule has 0 saturated carbocycles. The summed E-state index contributed by atoms with van der Waals surface area (Å²) in [6.45, 7) is 2.00. The van der Waals surface area contributed by atoms with E-state index in [2.05, 4.69) is 10.4 Å². The number of carbonyl (C=O) groups is 1. The molecular weight excluding hydrogens is 357 g/mol. The molecule has 0 aliphatic carbocycles. The molecule has 3 rings (SSSR count). The lowest BCUT2D eigenvalue weighted by Crippen LogP contribution is -2.13. The Kier molecular flexibility index (Phi) is 5.23. The van der Waals surface area contributed by atoms with Crippen LogP contribution in [-0.4, -0.2) is 22.8 Å². The molecule has 5 nitrogen and oxygen atoms in total. The van der Waals surface area contributed by atoms with Crippen molar-refractivity contribution in [1.29, 1.82) is 0 Å². The first-order chi connectivity index (χ1) is 12.5. The number of ether oxygens (including phenoxy) is 1. The molecule has 0 spiro atoms. The van der Waals surface area contributed by atoms with E-state index in [0.29, 0.717) is 27.7 Å². The maximum atomic E-state index is 14.0. The highest BCUT2D eigenvalue weighted by Crippen LogP contribution is 2.21. The van der Waals surface area contributed by atoms with Gasteiger partial charge in [0.15, 0.2) is 5.82 Å². The molecule has 1 aromatic heterocycles. The number of hydrogen-bond acceptors (Lipinski definition) is 3. The number of carbonyl (C=O) groups excluding carboxylic acids is 1. The van der Waals surface area contributed by atoms with Crippen LogP contribution in [0.3, 0.4) is 0 Å². The first kappa shape index (κ1) is 17.9. The van der Waals surface area contributed by atoms with Crippen molar-refractivity contribution < 1.29 is 13.9 Å². The second-order valence-corrected chi connectivity index (χ2v) is 6.12. The van der Waals surface area contributed by atoms with Crippen molar-refractivity contribution in [2.45, 2.75) is 13.5 Å². The summed E-state index contributed by atoms with van der Waals surface area (Å²) in [7, 11) is 1.54. The van der Waals surface area contributed by atoms with Crippen LogP contribution in [0.25, 0.3) is 0 Å². The highest BCUT2D eigenvalue weighted by Gasteiger charge is 2.13. The van der Waals surface area contributed by atoms with Crippen LogP contribution in [0.5, 0.6) is 5.75 Å². The fraction of sp³-hybridized carbons (Fsp3) is 0.158. The number of aromatic nitrogens is 2. The zero-order valence-corrected chi connectivity index (χ0v) is 15.0. The van der Waals surface area contributed by atoms with Crippen LogP contribution in [-0.2, 0) is 6.54 Å². The number of nitrogens with one attached hydrogen (secondary N) is 1. The molecule has 0 bridgehead atoms. The Morgan fingerprint density at radius 3 is 2.77 bits per heavy atom. The van der Waals surface area contributed by atoms with Gasteiger partial charge in [-0.15, -0.1) is 0 Å². The maximum absolute atomic E-state index is 14.0. The van der Waals surface area contributed by atoms with Crippen LogP contribution < -0.4 is 10.1 Å². The van der Waals surface area contributed by atoms with Crippen molar-refractivity contribution in [2.24, 2.45) is 0 Å². The third-order valence-electron chi connectivity index (χ3n) is 3.92. The molecule has 1 amide bonds. The molecular formula is C19H17ClFN3O2. The molecule has 0 unspecified atom stereocenters. The lowest BCUT2D eigenvalue weighted by molar-refractivity contribution is 0.102. The second-order valence-electron chi connectivity index (χ2n) is 5.71. The fourth-order valence-corrected chi connectivity index (χ4v) is 2.74. The Bertz CT molecular complexity index is 935. The first-order valence-electron chi connectivity index (χ1n) is 7.90. The molecule has 134 valence electrons. The average Bonchev–Trinajstić information content (AvgIpc) is 2.97. The molecule has 0 saturated heterocycles. The monoisotopic (exact) mass is 373 g/mol. The summed E-state index contributed by atoms with van der Waals surface area (Å²) in [5.41, 5.74) is 1.57. The van der Waals surface area contributed by atoms with Crippen molar-refractivity contribution >= 4 is 23.3 Å². The lowest BCUT2D eigenvalue weighted by Gasteiger charge is -2.08. The van der Waals surface area contributed by atoms with Crippen LogP contribution in [0.4, 0.5) is 10.2 Å². The summed E-state index contributed by atoms with van der Waals surface area (Å²) in [5, 5.41) is 7.39. The van der Waals surface area contributed by atoms with E-state index >= 15 is 0 Å². The van der Waals surface area contributed by atoms with Crippen molar-refractivity contribution in [1.82, 2.24) is 9.78 Å². The van der Waals surface area contributed by atoms with Gasteiger partial charge in [0.05, 0.1) is 13.7 Å². The van der Waals surface area contributed by atoms with Gasteiger partial charge in [-0.3, -0.25) is 9.48 Å². The summed E-state index contributed by atoms with van der Waals surface area (Å²) in [6, 6.07) is 13.1. The van der Waals surface area contributed by atoms with Crippen molar-refractivity contribution in [3.63, 3.8) is 0 Å². The quantitative estimate of drug-likeness (QED) is 0.725. The van der Waals surface area contributed by atoms with Gasteiger partial charge < -0.3 is 10.1 Å². The molecule has 0 atom stereocenters. The van der Waals surface area contributed by atoms with Gasteiger partial charge in [0.2, 0.25) is 0 Å². The number of hydrogen-bond donors (Lipinski definition) is 1. The van der Waals surface area contributed by atoms with Gasteiger partial charge in [-0.2, -0.15) is 5.10 Å². The number of rotatable bonds is 5. The predicted molar refractivity (Wildman–Crippen MR) is 98.4 cm³/mol. The van der Waals surface area contributed by atoms with Crippen LogP contribution in [0.15, 0.2) is 48.5 Å². The van der Waals surface area contributed by atoms with E-state index in [-0.39, 0.29) is 12.5 Å². The Morgan fingerprint density at radius 2 is 2.04 bits per heavy atom. The van der Waals surface area contributed by atoms with E-state index < -0.39 is 5.82 Å². The predicted octanol–water partition coefficient (Wildman–Crippen LogP) is 4.29. The van der Waals surface area contributed by atoms with Gasteiger partial charge in [0.25, 0.3) is 5.91 Å². The minimum absolute atomic E-state index is 0.173. The molecule has 1 N–H and O–H groups in total. The Morgan fingerprint density at radius 1 is 1.27 bits per heavy atom. The topological polar surface area (TPSA) is 56.1 Å². The zero-order valence-electron chi connectivity index (χ0n) is 14.3. The molecule has 1 heterocycles. The Balaban J connectivity index is 1.78. The maximum Gasteiger partial charge on any atom is 0.256 e. The van der Waals surface area contributed by atoms with E-state index in [4.69, 9.17) is 16.3 Å². The largest absolute Gasteiger partial charge is 0.497 e. The summed E-state index contributed by atoms with van der Waals surface area (Å²) < 4.78 is 20.7. The number of amides is 1. The SMILES string of the molecule is COc1cccc(C(=O)Nc2cc(C)n(Cc3c(F)cccc3Cl)n2)c1. The lowest BCUT2D eigenvalue weighted by atomic mass is 10.2. The number of anilines is 1. The van der Waals surface area contributed by atoms with E-state index in [9.17, 15) is 9.18 Å². The molecule has 7 heteroatoms. The van der Waals surface area contributed by atoms with Gasteiger partial charge in [0, 0.05) is 27.9 Å². The molecule has 0 radical (unpaired) electrons. The second kappa shape index (κ2) is 7.58. The van der Waals surface area contributed by atoms with Gasteiger partial charge in [0.1, 0.15) is 11.6 Å². The smallest absolute Gasteiger partial charge is 0.256 e. The van der Waals surface area contributed by atoms with Crippen molar-refractivity contribution in [3.8, 4) is 5.75 Å². The number of benzene rings is 2. The molecule has 26 heavy (non-hydrogen) atoms. The fourth-order valence-electron chi connectivity index (χ4n) is 2.52. The van der Waals surface area contributed by atoms with Crippen LogP contribution in [0.2, 0.25) is 5.02 Å². The van der Waals surface area contributed by atoms with Crippen molar-refractivity contribution in [3.05, 3.63) is 76.2 Å². The molecule has 0 aliphatic rings. The minimum Gasteiger partial charge on any atom is -0.497 e. The Hall–Kier alpha value is -2.86. The van der Waals surface area contributed by atoms with Gasteiger partial charge in [-0.25, -0.2) is 4.39 Å². The van der Waals surface area contributed by atoms with E-state index in [1.807, 2.05) is 6.92 Å². The summed E-state index contributed by atoms with van der Waals surface area (Å²) in [6.07, 6.45) is 0. The van der Waals surface area contributed by atoms with E-state index in [1.54, 1.807) is 47.1 Å².